The maximum atomic E-state index is 12.1. The van der Waals surface area contributed by atoms with Crippen molar-refractivity contribution in [2.24, 2.45) is 5.92 Å². The zero-order valence-corrected chi connectivity index (χ0v) is 19.6. The number of fused-ring (bicyclic) bond motifs is 1. The minimum atomic E-state index is 0.186. The number of hydrogen-bond donors (Lipinski definition) is 2. The fraction of sp³-hybridized carbons (Fsp3) is 0.520. The molecule has 0 radical (unpaired) electrons. The van der Waals surface area contributed by atoms with E-state index in [9.17, 15) is 4.79 Å². The number of aryl methyl sites for hydroxylation is 1. The summed E-state index contributed by atoms with van der Waals surface area (Å²) in [6.07, 6.45) is 12.2. The number of carbonyl (C=O) groups excluding carboxylic acids is 1. The molecule has 1 saturated heterocycles. The summed E-state index contributed by atoms with van der Waals surface area (Å²) in [7, 11) is 0. The predicted molar refractivity (Wildman–Crippen MR) is 132 cm³/mol. The summed E-state index contributed by atoms with van der Waals surface area (Å²) in [5.41, 5.74) is 1.73. The Labute approximate surface area is 199 Å². The highest BCUT2D eigenvalue weighted by Crippen LogP contribution is 2.27. The molecule has 3 aromatic rings. The van der Waals surface area contributed by atoms with Crippen LogP contribution in [-0.4, -0.2) is 58.3 Å². The van der Waals surface area contributed by atoms with E-state index in [1.54, 1.807) is 0 Å². The number of morpholine rings is 1. The molecule has 1 aliphatic carbocycles. The van der Waals surface area contributed by atoms with Gasteiger partial charge < -0.3 is 24.8 Å². The first-order valence-electron chi connectivity index (χ1n) is 12.4. The average Bonchev–Trinajstić information content (AvgIpc) is 3.53. The highest BCUT2D eigenvalue weighted by molar-refractivity contribution is 5.77. The zero-order valence-electron chi connectivity index (χ0n) is 19.6. The van der Waals surface area contributed by atoms with Crippen LogP contribution < -0.4 is 15.5 Å². The molecule has 9 nitrogen and oxygen atoms in total. The summed E-state index contributed by atoms with van der Waals surface area (Å²) in [6, 6.07) is 6.03. The van der Waals surface area contributed by atoms with Gasteiger partial charge in [-0.05, 0) is 43.4 Å². The SMILES string of the molecule is O=C(CC1CCCC1)NCCCn1ccc2cnc(Nc3ccc(N4CCOCC4)nc3)nc21. The molecule has 0 bridgehead atoms. The number of carbonyl (C=O) groups is 1. The number of amides is 1. The summed E-state index contributed by atoms with van der Waals surface area (Å²) in [5, 5.41) is 7.34. The van der Waals surface area contributed by atoms with Crippen LogP contribution in [0.5, 0.6) is 0 Å². The highest BCUT2D eigenvalue weighted by Gasteiger charge is 2.18. The smallest absolute Gasteiger partial charge is 0.229 e. The van der Waals surface area contributed by atoms with Crippen LogP contribution in [0.15, 0.2) is 36.8 Å². The molecule has 0 atom stereocenters. The van der Waals surface area contributed by atoms with E-state index in [1.165, 1.54) is 25.7 Å². The Hall–Kier alpha value is -3.20. The van der Waals surface area contributed by atoms with E-state index in [2.05, 4.69) is 30.1 Å². The van der Waals surface area contributed by atoms with E-state index < -0.39 is 0 Å². The minimum Gasteiger partial charge on any atom is -0.378 e. The lowest BCUT2D eigenvalue weighted by atomic mass is 10.0. The van der Waals surface area contributed by atoms with Crippen molar-refractivity contribution in [2.75, 3.05) is 43.1 Å². The van der Waals surface area contributed by atoms with Crippen molar-refractivity contribution in [3.8, 4) is 0 Å². The van der Waals surface area contributed by atoms with Crippen LogP contribution in [0.4, 0.5) is 17.5 Å². The van der Waals surface area contributed by atoms with Crippen LogP contribution in [0.3, 0.4) is 0 Å². The Bertz CT molecular complexity index is 1090. The molecule has 1 saturated carbocycles. The molecule has 34 heavy (non-hydrogen) atoms. The van der Waals surface area contributed by atoms with Crippen molar-refractivity contribution in [3.63, 3.8) is 0 Å². The number of hydrogen-bond acceptors (Lipinski definition) is 7. The van der Waals surface area contributed by atoms with Gasteiger partial charge >= 0.3 is 0 Å². The first-order valence-corrected chi connectivity index (χ1v) is 12.4. The van der Waals surface area contributed by atoms with Gasteiger partial charge in [-0.3, -0.25) is 4.79 Å². The number of anilines is 3. The van der Waals surface area contributed by atoms with Gasteiger partial charge in [-0.15, -0.1) is 0 Å². The maximum absolute atomic E-state index is 12.1. The molecule has 0 spiro atoms. The number of nitrogens with one attached hydrogen (secondary N) is 2. The molecule has 2 N–H and O–H groups in total. The van der Waals surface area contributed by atoms with E-state index in [0.717, 1.165) is 61.8 Å². The summed E-state index contributed by atoms with van der Waals surface area (Å²) >= 11 is 0. The van der Waals surface area contributed by atoms with Gasteiger partial charge in [0.2, 0.25) is 11.9 Å². The third-order valence-corrected chi connectivity index (χ3v) is 6.69. The van der Waals surface area contributed by atoms with Crippen LogP contribution in [0, 0.1) is 5.92 Å². The van der Waals surface area contributed by atoms with Crippen LogP contribution in [-0.2, 0) is 16.1 Å². The molecular weight excluding hydrogens is 430 g/mol. The van der Waals surface area contributed by atoms with E-state index in [4.69, 9.17) is 9.72 Å². The molecule has 9 heteroatoms. The second-order valence-corrected chi connectivity index (χ2v) is 9.17. The third kappa shape index (κ3) is 5.64. The predicted octanol–water partition coefficient (Wildman–Crippen LogP) is 3.49. The van der Waals surface area contributed by atoms with Crippen molar-refractivity contribution < 1.29 is 9.53 Å². The van der Waals surface area contributed by atoms with E-state index >= 15 is 0 Å². The van der Waals surface area contributed by atoms with Gasteiger partial charge in [-0.25, -0.2) is 9.97 Å². The zero-order chi connectivity index (χ0) is 23.2. The maximum Gasteiger partial charge on any atom is 0.229 e. The quantitative estimate of drug-likeness (QED) is 0.469. The molecule has 0 unspecified atom stereocenters. The Morgan fingerprint density at radius 3 is 2.74 bits per heavy atom. The van der Waals surface area contributed by atoms with Crippen LogP contribution in [0.1, 0.15) is 38.5 Å². The van der Waals surface area contributed by atoms with Crippen molar-refractivity contribution >= 4 is 34.4 Å². The molecule has 0 aromatic carbocycles. The molecule has 3 aromatic heterocycles. The first kappa shape index (κ1) is 22.6. The summed E-state index contributed by atoms with van der Waals surface area (Å²) in [5.74, 6) is 2.26. The fourth-order valence-electron chi connectivity index (χ4n) is 4.81. The lowest BCUT2D eigenvalue weighted by Gasteiger charge is -2.27. The standard InChI is InChI=1S/C25H33N7O2/c33-23(16-19-4-1-2-5-19)26-9-3-10-32-11-8-20-17-28-25(30-24(20)32)29-21-6-7-22(27-18-21)31-12-14-34-15-13-31/h6-8,11,17-19H,1-5,9-10,12-16H2,(H,26,33)(H,28,29,30). The molecule has 1 aliphatic heterocycles. The van der Waals surface area contributed by atoms with Crippen LogP contribution >= 0.6 is 0 Å². The third-order valence-electron chi connectivity index (χ3n) is 6.69. The molecule has 2 aliphatic rings. The molecule has 2 fully saturated rings. The fourth-order valence-corrected chi connectivity index (χ4v) is 4.81. The summed E-state index contributed by atoms with van der Waals surface area (Å²) < 4.78 is 7.52. The van der Waals surface area contributed by atoms with Gasteiger partial charge in [-0.1, -0.05) is 12.8 Å². The minimum absolute atomic E-state index is 0.186. The first-order chi connectivity index (χ1) is 16.7. The Morgan fingerprint density at radius 2 is 1.94 bits per heavy atom. The molecule has 180 valence electrons. The van der Waals surface area contributed by atoms with Gasteiger partial charge in [0, 0.05) is 50.4 Å². The lowest BCUT2D eigenvalue weighted by Crippen LogP contribution is -2.36. The molecule has 5 rings (SSSR count). The summed E-state index contributed by atoms with van der Waals surface area (Å²) in [4.78, 5) is 28.1. The number of rotatable bonds is 9. The second-order valence-electron chi connectivity index (χ2n) is 9.17. The Morgan fingerprint density at radius 1 is 1.09 bits per heavy atom. The lowest BCUT2D eigenvalue weighted by molar-refractivity contribution is -0.121. The summed E-state index contributed by atoms with van der Waals surface area (Å²) in [6.45, 7) is 4.67. The Kier molecular flexibility index (Phi) is 7.19. The Balaban J connectivity index is 1.14. The van der Waals surface area contributed by atoms with Crippen molar-refractivity contribution in [1.82, 2.24) is 24.8 Å². The van der Waals surface area contributed by atoms with Crippen molar-refractivity contribution in [3.05, 3.63) is 36.8 Å². The highest BCUT2D eigenvalue weighted by atomic mass is 16.5. The van der Waals surface area contributed by atoms with Crippen molar-refractivity contribution in [1.29, 1.82) is 0 Å². The number of pyridine rings is 1. The number of aromatic nitrogens is 4. The van der Waals surface area contributed by atoms with Crippen LogP contribution in [0.25, 0.3) is 11.0 Å². The molecule has 1 amide bonds. The topological polar surface area (TPSA) is 97.2 Å². The van der Waals surface area contributed by atoms with Gasteiger partial charge in [0.05, 0.1) is 25.1 Å². The van der Waals surface area contributed by atoms with E-state index in [1.807, 2.05) is 36.8 Å². The second kappa shape index (κ2) is 10.8. The van der Waals surface area contributed by atoms with Crippen molar-refractivity contribution in [2.45, 2.75) is 45.1 Å². The number of ether oxygens (including phenoxy) is 1. The van der Waals surface area contributed by atoms with Gasteiger partial charge in [0.15, 0.2) is 0 Å². The van der Waals surface area contributed by atoms with Crippen LogP contribution in [0.2, 0.25) is 0 Å². The average molecular weight is 464 g/mol. The molecular formula is C25H33N7O2. The van der Waals surface area contributed by atoms with E-state index in [0.29, 0.717) is 24.8 Å². The molecule has 4 heterocycles. The van der Waals surface area contributed by atoms with Gasteiger partial charge in [-0.2, -0.15) is 4.98 Å². The number of nitrogens with zero attached hydrogens (tertiary/aromatic N) is 5. The van der Waals surface area contributed by atoms with E-state index in [-0.39, 0.29) is 5.91 Å². The normalized spacial score (nSPS) is 16.8. The monoisotopic (exact) mass is 463 g/mol. The van der Waals surface area contributed by atoms with Gasteiger partial charge in [0.1, 0.15) is 11.5 Å². The largest absolute Gasteiger partial charge is 0.378 e. The van der Waals surface area contributed by atoms with Gasteiger partial charge in [0.25, 0.3) is 0 Å².